The fraction of sp³-hybridized carbons (Fsp3) is 0.264. The first kappa shape index (κ1) is 42.9. The molecule has 0 amide bonds. The fourth-order valence-corrected chi connectivity index (χ4v) is 10.1. The van der Waals surface area contributed by atoms with Crippen LogP contribution in [-0.2, 0) is 26.5 Å². The minimum absolute atomic E-state index is 0. The number of rotatable bonds is 8. The van der Waals surface area contributed by atoms with E-state index in [-0.39, 0.29) is 20.1 Å². The number of benzene rings is 5. The summed E-state index contributed by atoms with van der Waals surface area (Å²) in [5, 5.41) is 6.02. The van der Waals surface area contributed by atoms with Gasteiger partial charge in [-0.15, -0.1) is 48.0 Å². The molecule has 0 saturated heterocycles. The largest absolute Gasteiger partial charge is 0.458 e. The number of aryl methyl sites for hydroxylation is 1. The molecule has 0 atom stereocenters. The van der Waals surface area contributed by atoms with Crippen molar-refractivity contribution in [3.05, 3.63) is 150 Å². The molecule has 0 bridgehead atoms. The minimum Gasteiger partial charge on any atom is -0.458 e. The molecule has 4 heterocycles. The van der Waals surface area contributed by atoms with Crippen LogP contribution in [0.4, 0.5) is 0 Å². The summed E-state index contributed by atoms with van der Waals surface area (Å²) >= 11 is 0. The van der Waals surface area contributed by atoms with Gasteiger partial charge in [0.05, 0.1) is 30.5 Å². The second kappa shape index (κ2) is 17.4. The molecule has 307 valence electrons. The third-order valence-electron chi connectivity index (χ3n) is 11.1. The van der Waals surface area contributed by atoms with Crippen molar-refractivity contribution in [2.24, 2.45) is 5.92 Å². The van der Waals surface area contributed by atoms with Gasteiger partial charge >= 0.3 is 0 Å². The van der Waals surface area contributed by atoms with Crippen LogP contribution < -0.4 is 5.19 Å². The zero-order chi connectivity index (χ0) is 41.6. The summed E-state index contributed by atoms with van der Waals surface area (Å²) < 4.78 is 8.60. The summed E-state index contributed by atoms with van der Waals surface area (Å²) in [5.74, 6) is 2.15. The molecule has 9 rings (SSSR count). The Labute approximate surface area is 369 Å². The van der Waals surface area contributed by atoms with Gasteiger partial charge in [-0.05, 0) is 88.1 Å². The second-order valence-electron chi connectivity index (χ2n) is 17.9. The molecule has 0 saturated carbocycles. The zero-order valence-corrected chi connectivity index (χ0v) is 39.8. The van der Waals surface area contributed by atoms with E-state index in [4.69, 9.17) is 9.40 Å². The van der Waals surface area contributed by atoms with Crippen molar-refractivity contribution in [2.45, 2.75) is 86.4 Å². The number of imidazole rings is 1. The van der Waals surface area contributed by atoms with Gasteiger partial charge in [-0.3, -0.25) is 4.98 Å². The Bertz CT molecular complexity index is 2960. The fourth-order valence-electron chi connectivity index (χ4n) is 8.48. The topological polar surface area (TPSA) is 56.7 Å². The molecule has 0 spiro atoms. The quantitative estimate of drug-likeness (QED) is 0.112. The Morgan fingerprint density at radius 2 is 1.50 bits per heavy atom. The van der Waals surface area contributed by atoms with Crippen molar-refractivity contribution in [1.29, 1.82) is 0 Å². The molecular weight excluding hydrogens is 929 g/mol. The van der Waals surface area contributed by atoms with Crippen molar-refractivity contribution < 1.29 is 24.5 Å². The number of furan rings is 1. The molecule has 0 aliphatic heterocycles. The van der Waals surface area contributed by atoms with Gasteiger partial charge in [0.25, 0.3) is 0 Å². The smallest absolute Gasteiger partial charge is 0.215 e. The maximum atomic E-state index is 6.23. The average molecular weight is 983 g/mol. The van der Waals surface area contributed by atoms with Gasteiger partial charge in [0.2, 0.25) is 5.71 Å². The van der Waals surface area contributed by atoms with Gasteiger partial charge in [0.15, 0.2) is 0 Å². The number of aromatic nitrogens is 4. The van der Waals surface area contributed by atoms with E-state index in [1.165, 1.54) is 38.3 Å². The molecule has 5 aromatic carbocycles. The van der Waals surface area contributed by atoms with Crippen LogP contribution >= 0.6 is 0 Å². The predicted molar refractivity (Wildman–Crippen MR) is 251 cm³/mol. The second-order valence-corrected chi connectivity index (χ2v) is 22.9. The Kier molecular flexibility index (Phi) is 12.5. The number of hydrogen-bond acceptors (Lipinski definition) is 4. The molecule has 0 fully saturated rings. The van der Waals surface area contributed by atoms with E-state index in [0.717, 1.165) is 62.1 Å². The molecule has 0 N–H and O–H groups in total. The van der Waals surface area contributed by atoms with Crippen LogP contribution in [0.2, 0.25) is 19.6 Å². The van der Waals surface area contributed by atoms with E-state index in [2.05, 4.69) is 167 Å². The number of nitrogens with zero attached hydrogens (tertiary/aromatic N) is 4. The van der Waals surface area contributed by atoms with E-state index in [0.29, 0.717) is 23.5 Å². The van der Waals surface area contributed by atoms with Gasteiger partial charge in [0, 0.05) is 43.1 Å². The summed E-state index contributed by atoms with van der Waals surface area (Å²) in [7, 11) is -1.34. The van der Waals surface area contributed by atoms with Crippen molar-refractivity contribution >= 4 is 57.1 Å². The van der Waals surface area contributed by atoms with E-state index >= 15 is 0 Å². The van der Waals surface area contributed by atoms with Crippen molar-refractivity contribution in [1.82, 2.24) is 19.5 Å². The summed E-state index contributed by atoms with van der Waals surface area (Å²) in [6, 6.07) is 44.7. The molecule has 0 aliphatic carbocycles. The van der Waals surface area contributed by atoms with E-state index in [9.17, 15) is 0 Å². The molecular formula is C53H54IrN4OSi-2. The molecule has 4 aromatic heterocycles. The van der Waals surface area contributed by atoms with Gasteiger partial charge in [0.1, 0.15) is 0 Å². The third-order valence-corrected chi connectivity index (χ3v) is 13.2. The molecule has 1 radical (unpaired) electrons. The van der Waals surface area contributed by atoms with Crippen molar-refractivity contribution in [2.75, 3.05) is 0 Å². The molecule has 60 heavy (non-hydrogen) atoms. The van der Waals surface area contributed by atoms with Crippen molar-refractivity contribution in [3.63, 3.8) is 0 Å². The molecule has 0 unspecified atom stereocenters. The van der Waals surface area contributed by atoms with Crippen LogP contribution in [0, 0.1) is 25.0 Å². The number of pyridine rings is 2. The summed E-state index contributed by atoms with van der Waals surface area (Å²) in [5.41, 5.74) is 12.8. The molecule has 0 aliphatic rings. The molecule has 9 aromatic rings. The van der Waals surface area contributed by atoms with Crippen LogP contribution in [-0.4, -0.2) is 27.6 Å². The molecule has 7 heteroatoms. The van der Waals surface area contributed by atoms with E-state index < -0.39 is 8.07 Å². The van der Waals surface area contributed by atoms with Gasteiger partial charge < -0.3 is 14.0 Å². The van der Waals surface area contributed by atoms with Crippen LogP contribution in [0.25, 0.3) is 72.2 Å². The Balaban J connectivity index is 0.000000220. The minimum atomic E-state index is -1.34. The predicted octanol–water partition coefficient (Wildman–Crippen LogP) is 13.8. The first-order valence-electron chi connectivity index (χ1n) is 21.0. The monoisotopic (exact) mass is 983 g/mol. The Morgan fingerprint density at radius 1 is 0.750 bits per heavy atom. The van der Waals surface area contributed by atoms with E-state index in [1.54, 1.807) is 0 Å². The first-order valence-corrected chi connectivity index (χ1v) is 24.5. The standard InChI is InChI=1S/C35H30N3O.C18H24NSi.Ir/c1-20(2)27-19-23-11-6-7-12-24(23)31(21(3)4)33(27)38-29-15-9-8-14-28(29)37-34(38)25-13-10-16-30-32(25)26-18-17-22(5)36-35(26)39-30;1-14(2)11-16-12-17(15-9-7-6-8-10-15)19-13-18(16)20(3,4)5;/h6-12,14-21H,1-5H3;6-9,12-14H,11H2,1-5H3;/q2*-1;. The van der Waals surface area contributed by atoms with Crippen LogP contribution in [0.1, 0.15) is 75.8 Å². The summed E-state index contributed by atoms with van der Waals surface area (Å²) in [6.45, 7) is 22.9. The summed E-state index contributed by atoms with van der Waals surface area (Å²) in [6.07, 6.45) is 3.24. The van der Waals surface area contributed by atoms with Gasteiger partial charge in [-0.1, -0.05) is 132 Å². The normalized spacial score (nSPS) is 11.9. The van der Waals surface area contributed by atoms with Crippen molar-refractivity contribution in [3.8, 4) is 28.3 Å². The zero-order valence-electron chi connectivity index (χ0n) is 36.4. The Hall–Kier alpha value is -5.20. The number of fused-ring (bicyclic) bond motifs is 5. The van der Waals surface area contributed by atoms with Gasteiger partial charge in [-0.2, -0.15) is 0 Å². The van der Waals surface area contributed by atoms with Gasteiger partial charge in [-0.25, -0.2) is 4.98 Å². The SMILES string of the molecule is CC(C)Cc1cc(-c2[c-]cccc2)ncc1[Si](C)(C)C.Cc1ccc2c(n1)oc1cc[c-]c(-c3nc4ccccc4n3-c3c(C(C)C)cc4ccccc4c3C(C)C)c12.[Ir]. The first-order chi connectivity index (χ1) is 28.3. The maximum Gasteiger partial charge on any atom is 0.215 e. The third kappa shape index (κ3) is 8.28. The number of hydrogen-bond donors (Lipinski definition) is 0. The van der Waals surface area contributed by atoms with Crippen LogP contribution in [0.5, 0.6) is 0 Å². The van der Waals surface area contributed by atoms with Crippen LogP contribution in [0.15, 0.2) is 120 Å². The molecule has 5 nitrogen and oxygen atoms in total. The Morgan fingerprint density at radius 3 is 2.22 bits per heavy atom. The maximum absolute atomic E-state index is 6.23. The van der Waals surface area contributed by atoms with E-state index in [1.807, 2.05) is 43.3 Å². The van der Waals surface area contributed by atoms with Crippen LogP contribution in [0.3, 0.4) is 0 Å². The summed E-state index contributed by atoms with van der Waals surface area (Å²) in [4.78, 5) is 14.6. The average Bonchev–Trinajstić information content (AvgIpc) is 3.78. The number of para-hydroxylation sites is 2.